The molecule has 28 heavy (non-hydrogen) atoms. The van der Waals surface area contributed by atoms with Gasteiger partial charge in [0.15, 0.2) is 5.13 Å². The summed E-state index contributed by atoms with van der Waals surface area (Å²) in [5.74, 6) is 0.875. The number of anilines is 2. The van der Waals surface area contributed by atoms with E-state index in [-0.39, 0.29) is 0 Å². The van der Waals surface area contributed by atoms with Crippen LogP contribution in [0.1, 0.15) is 5.56 Å². The summed E-state index contributed by atoms with van der Waals surface area (Å²) in [6, 6.07) is 16.9. The first-order chi connectivity index (χ1) is 13.7. The van der Waals surface area contributed by atoms with Gasteiger partial charge < -0.3 is 19.9 Å². The molecule has 0 atom stereocenters. The summed E-state index contributed by atoms with van der Waals surface area (Å²) in [5, 5.41) is 6.46. The number of rotatable bonds is 6. The molecule has 0 saturated carbocycles. The van der Waals surface area contributed by atoms with Crippen molar-refractivity contribution in [3.8, 4) is 17.0 Å². The Morgan fingerprint density at radius 2 is 1.71 bits per heavy atom. The molecule has 3 aromatic rings. The minimum absolute atomic E-state index is 0.749. The lowest BCUT2D eigenvalue weighted by Crippen LogP contribution is -2.44. The average Bonchev–Trinajstić information content (AvgIpc) is 3.22. The molecule has 1 aliphatic rings. The van der Waals surface area contributed by atoms with Crippen LogP contribution in [-0.4, -0.2) is 50.2 Å². The van der Waals surface area contributed by atoms with Gasteiger partial charge in [0.25, 0.3) is 0 Å². The van der Waals surface area contributed by atoms with E-state index in [0.29, 0.717) is 0 Å². The van der Waals surface area contributed by atoms with Crippen molar-refractivity contribution in [1.82, 2.24) is 9.88 Å². The standard InChI is InChI=1S/C22H26N4OS/c1-25-11-13-26(14-12-25)19-7-5-18(6-8-19)21-16-28-22(24-21)23-15-17-3-9-20(27-2)10-4-17/h3-10,16H,11-15H2,1-2H3,(H,23,24). The number of nitrogens with one attached hydrogen (secondary N) is 1. The van der Waals surface area contributed by atoms with Gasteiger partial charge in [-0.2, -0.15) is 0 Å². The molecule has 5 nitrogen and oxygen atoms in total. The first-order valence-corrected chi connectivity index (χ1v) is 10.5. The normalized spacial score (nSPS) is 14.9. The van der Waals surface area contributed by atoms with E-state index in [1.165, 1.54) is 11.3 Å². The van der Waals surface area contributed by atoms with Crippen LogP contribution in [0.25, 0.3) is 11.3 Å². The zero-order valence-corrected chi connectivity index (χ0v) is 17.2. The molecule has 1 saturated heterocycles. The topological polar surface area (TPSA) is 40.6 Å². The van der Waals surface area contributed by atoms with Crippen molar-refractivity contribution in [3.05, 3.63) is 59.5 Å². The molecule has 146 valence electrons. The molecule has 0 spiro atoms. The lowest BCUT2D eigenvalue weighted by atomic mass is 10.1. The molecular formula is C22H26N4OS. The number of benzene rings is 2. The number of ether oxygens (including phenoxy) is 1. The number of piperazine rings is 1. The number of hydrogen-bond donors (Lipinski definition) is 1. The van der Waals surface area contributed by atoms with Crippen molar-refractivity contribution < 1.29 is 4.74 Å². The van der Waals surface area contributed by atoms with Gasteiger partial charge >= 0.3 is 0 Å². The highest BCUT2D eigenvalue weighted by Gasteiger charge is 2.14. The smallest absolute Gasteiger partial charge is 0.183 e. The van der Waals surface area contributed by atoms with Crippen LogP contribution < -0.4 is 15.0 Å². The minimum atomic E-state index is 0.749. The minimum Gasteiger partial charge on any atom is -0.497 e. The Kier molecular flexibility index (Phi) is 5.78. The lowest BCUT2D eigenvalue weighted by Gasteiger charge is -2.34. The number of methoxy groups -OCH3 is 1. The molecule has 4 rings (SSSR count). The van der Waals surface area contributed by atoms with E-state index in [0.717, 1.165) is 54.9 Å². The predicted octanol–water partition coefficient (Wildman–Crippen LogP) is 4.18. The van der Waals surface area contributed by atoms with Gasteiger partial charge in [-0.1, -0.05) is 24.3 Å². The number of nitrogens with zero attached hydrogens (tertiary/aromatic N) is 3. The third-order valence-electron chi connectivity index (χ3n) is 5.14. The molecule has 2 aromatic carbocycles. The largest absolute Gasteiger partial charge is 0.497 e. The van der Waals surface area contributed by atoms with E-state index in [1.807, 2.05) is 12.1 Å². The molecule has 0 aliphatic carbocycles. The van der Waals surface area contributed by atoms with Crippen LogP contribution in [0.5, 0.6) is 5.75 Å². The highest BCUT2D eigenvalue weighted by Crippen LogP contribution is 2.27. The van der Waals surface area contributed by atoms with Crippen LogP contribution in [0.4, 0.5) is 10.8 Å². The summed E-state index contributed by atoms with van der Waals surface area (Å²) in [7, 11) is 3.87. The van der Waals surface area contributed by atoms with Crippen molar-refractivity contribution in [1.29, 1.82) is 0 Å². The van der Waals surface area contributed by atoms with Crippen molar-refractivity contribution >= 4 is 22.2 Å². The van der Waals surface area contributed by atoms with Gasteiger partial charge in [-0.3, -0.25) is 0 Å². The monoisotopic (exact) mass is 394 g/mol. The fourth-order valence-corrected chi connectivity index (χ4v) is 4.03. The Balaban J connectivity index is 1.36. The predicted molar refractivity (Wildman–Crippen MR) is 118 cm³/mol. The Labute approximate surface area is 170 Å². The maximum atomic E-state index is 5.20. The lowest BCUT2D eigenvalue weighted by molar-refractivity contribution is 0.313. The van der Waals surface area contributed by atoms with Crippen molar-refractivity contribution in [2.75, 3.05) is 50.6 Å². The maximum Gasteiger partial charge on any atom is 0.183 e. The van der Waals surface area contributed by atoms with E-state index in [1.54, 1.807) is 18.4 Å². The molecule has 1 aliphatic heterocycles. The van der Waals surface area contributed by atoms with E-state index in [4.69, 9.17) is 9.72 Å². The third kappa shape index (κ3) is 4.46. The first kappa shape index (κ1) is 18.8. The van der Waals surface area contributed by atoms with Gasteiger partial charge in [0, 0.05) is 49.4 Å². The van der Waals surface area contributed by atoms with Crippen LogP contribution in [0.2, 0.25) is 0 Å². The quantitative estimate of drug-likeness (QED) is 0.679. The molecule has 0 unspecified atom stereocenters. The Hall–Kier alpha value is -2.57. The van der Waals surface area contributed by atoms with Gasteiger partial charge in [0.05, 0.1) is 12.8 Å². The van der Waals surface area contributed by atoms with Crippen molar-refractivity contribution in [3.63, 3.8) is 0 Å². The fourth-order valence-electron chi connectivity index (χ4n) is 3.32. The van der Waals surface area contributed by atoms with Gasteiger partial charge in [0.2, 0.25) is 0 Å². The van der Waals surface area contributed by atoms with Crippen LogP contribution in [-0.2, 0) is 6.54 Å². The molecule has 1 fully saturated rings. The van der Waals surface area contributed by atoms with Crippen molar-refractivity contribution in [2.24, 2.45) is 0 Å². The summed E-state index contributed by atoms with van der Waals surface area (Å²) in [6.45, 7) is 5.17. The van der Waals surface area contributed by atoms with Crippen LogP contribution in [0, 0.1) is 0 Å². The molecule has 0 radical (unpaired) electrons. The summed E-state index contributed by atoms with van der Waals surface area (Å²) < 4.78 is 5.20. The van der Waals surface area contributed by atoms with Gasteiger partial charge in [0.1, 0.15) is 5.75 Å². The number of thiazole rings is 1. The zero-order valence-electron chi connectivity index (χ0n) is 16.4. The number of aromatic nitrogens is 1. The van der Waals surface area contributed by atoms with E-state index < -0.39 is 0 Å². The van der Waals surface area contributed by atoms with Gasteiger partial charge in [-0.05, 0) is 36.9 Å². The molecule has 2 heterocycles. The van der Waals surface area contributed by atoms with Crippen LogP contribution >= 0.6 is 11.3 Å². The second-order valence-corrected chi connectivity index (χ2v) is 7.93. The third-order valence-corrected chi connectivity index (χ3v) is 5.94. The SMILES string of the molecule is COc1ccc(CNc2nc(-c3ccc(N4CCN(C)CC4)cc3)cs2)cc1. The highest BCUT2D eigenvalue weighted by molar-refractivity contribution is 7.14. The summed E-state index contributed by atoms with van der Waals surface area (Å²) in [4.78, 5) is 9.57. The Bertz CT molecular complexity index is 884. The maximum absolute atomic E-state index is 5.20. The van der Waals surface area contributed by atoms with Gasteiger partial charge in [-0.25, -0.2) is 4.98 Å². The molecule has 0 amide bonds. The number of likely N-dealkylation sites (N-methyl/N-ethyl adjacent to an activating group) is 1. The van der Waals surface area contributed by atoms with Crippen LogP contribution in [0.15, 0.2) is 53.9 Å². The first-order valence-electron chi connectivity index (χ1n) is 9.57. The van der Waals surface area contributed by atoms with E-state index in [2.05, 4.69) is 63.9 Å². The molecular weight excluding hydrogens is 368 g/mol. The van der Waals surface area contributed by atoms with E-state index >= 15 is 0 Å². The molecule has 1 N–H and O–H groups in total. The second kappa shape index (κ2) is 8.63. The summed E-state index contributed by atoms with van der Waals surface area (Å²) >= 11 is 1.64. The fraction of sp³-hybridized carbons (Fsp3) is 0.318. The zero-order chi connectivity index (χ0) is 19.3. The summed E-state index contributed by atoms with van der Waals surface area (Å²) in [5.41, 5.74) is 4.68. The molecule has 6 heteroatoms. The molecule has 0 bridgehead atoms. The van der Waals surface area contributed by atoms with Crippen molar-refractivity contribution in [2.45, 2.75) is 6.54 Å². The van der Waals surface area contributed by atoms with Gasteiger partial charge in [-0.15, -0.1) is 11.3 Å². The summed E-state index contributed by atoms with van der Waals surface area (Å²) in [6.07, 6.45) is 0. The Morgan fingerprint density at radius 3 is 2.39 bits per heavy atom. The number of hydrogen-bond acceptors (Lipinski definition) is 6. The van der Waals surface area contributed by atoms with Crippen LogP contribution in [0.3, 0.4) is 0 Å². The Morgan fingerprint density at radius 1 is 1.00 bits per heavy atom. The molecule has 1 aromatic heterocycles. The highest BCUT2D eigenvalue weighted by atomic mass is 32.1. The average molecular weight is 395 g/mol. The second-order valence-electron chi connectivity index (χ2n) is 7.08. The van der Waals surface area contributed by atoms with E-state index in [9.17, 15) is 0 Å².